The summed E-state index contributed by atoms with van der Waals surface area (Å²) < 4.78 is 5.94. The van der Waals surface area contributed by atoms with E-state index in [0.717, 1.165) is 48.9 Å². The fourth-order valence-electron chi connectivity index (χ4n) is 3.89. The van der Waals surface area contributed by atoms with Gasteiger partial charge in [0.05, 0.1) is 5.69 Å². The molecule has 0 radical (unpaired) electrons. The smallest absolute Gasteiger partial charge is 0.298 e. The Morgan fingerprint density at radius 1 is 1.17 bits per heavy atom. The topological polar surface area (TPSA) is 45.4 Å². The summed E-state index contributed by atoms with van der Waals surface area (Å²) in [5.74, 6) is 0. The van der Waals surface area contributed by atoms with Gasteiger partial charge in [0.2, 0.25) is 0 Å². The normalized spacial score (nSPS) is 23.5. The number of rotatable bonds is 3. The van der Waals surface area contributed by atoms with E-state index in [-0.39, 0.29) is 0 Å². The molecule has 3 aromatic rings. The first-order valence-electron chi connectivity index (χ1n) is 8.23. The number of hydrogen-bond acceptors (Lipinski definition) is 5. The van der Waals surface area contributed by atoms with Gasteiger partial charge in [-0.05, 0) is 36.8 Å². The second-order valence-electron chi connectivity index (χ2n) is 6.55. The fourth-order valence-corrected chi connectivity index (χ4v) is 4.05. The highest BCUT2D eigenvalue weighted by molar-refractivity contribution is 6.31. The summed E-state index contributed by atoms with van der Waals surface area (Å²) >= 11 is 6.04. The van der Waals surface area contributed by atoms with E-state index >= 15 is 0 Å². The zero-order valence-corrected chi connectivity index (χ0v) is 13.9. The molecule has 2 bridgehead atoms. The first-order valence-corrected chi connectivity index (χ1v) is 8.61. The van der Waals surface area contributed by atoms with Crippen LogP contribution in [-0.4, -0.2) is 40.0 Å². The van der Waals surface area contributed by atoms with Gasteiger partial charge in [-0.15, -0.1) is 0 Å². The Hall–Kier alpha value is -2.11. The molecule has 2 aliphatic rings. The quantitative estimate of drug-likeness (QED) is 0.731. The van der Waals surface area contributed by atoms with Crippen molar-refractivity contribution < 1.29 is 4.42 Å². The summed E-state index contributed by atoms with van der Waals surface area (Å²) in [5.41, 5.74) is 2.75. The predicted octanol–water partition coefficient (Wildman–Crippen LogP) is 3.34. The second-order valence-corrected chi connectivity index (χ2v) is 6.99. The van der Waals surface area contributed by atoms with Crippen molar-refractivity contribution in [3.05, 3.63) is 53.3 Å². The summed E-state index contributed by atoms with van der Waals surface area (Å²) in [4.78, 5) is 13.9. The van der Waals surface area contributed by atoms with Gasteiger partial charge in [-0.25, -0.2) is 0 Å². The van der Waals surface area contributed by atoms with E-state index in [0.29, 0.717) is 17.1 Å². The van der Waals surface area contributed by atoms with Crippen molar-refractivity contribution in [3.63, 3.8) is 0 Å². The zero-order valence-electron chi connectivity index (χ0n) is 13.1. The van der Waals surface area contributed by atoms with Gasteiger partial charge in [-0.3, -0.25) is 9.88 Å². The van der Waals surface area contributed by atoms with E-state index in [4.69, 9.17) is 16.0 Å². The number of fused-ring (bicyclic) bond motifs is 3. The molecule has 2 unspecified atom stereocenters. The van der Waals surface area contributed by atoms with Crippen molar-refractivity contribution in [1.29, 1.82) is 0 Å². The van der Waals surface area contributed by atoms with Gasteiger partial charge >= 0.3 is 0 Å². The molecule has 1 aromatic carbocycles. The first-order chi connectivity index (χ1) is 11.8. The highest BCUT2D eigenvalue weighted by Gasteiger charge is 2.44. The maximum atomic E-state index is 6.04. The lowest BCUT2D eigenvalue weighted by molar-refractivity contribution is 0.225. The molecule has 6 heteroatoms. The molecule has 122 valence electrons. The van der Waals surface area contributed by atoms with Crippen molar-refractivity contribution in [3.8, 4) is 0 Å². The summed E-state index contributed by atoms with van der Waals surface area (Å²) in [7, 11) is 0. The van der Waals surface area contributed by atoms with Gasteiger partial charge in [0, 0.05) is 42.9 Å². The molecule has 0 saturated carbocycles. The number of benzene rings is 1. The maximum Gasteiger partial charge on any atom is 0.298 e. The van der Waals surface area contributed by atoms with Crippen LogP contribution >= 0.6 is 11.6 Å². The average Bonchev–Trinajstić information content (AvgIpc) is 3.28. The number of halogens is 1. The number of anilines is 1. The second kappa shape index (κ2) is 5.46. The first kappa shape index (κ1) is 14.3. The highest BCUT2D eigenvalue weighted by Crippen LogP contribution is 2.36. The molecule has 2 fully saturated rings. The monoisotopic (exact) mass is 340 g/mol. The van der Waals surface area contributed by atoms with Crippen molar-refractivity contribution in [2.45, 2.75) is 25.0 Å². The van der Waals surface area contributed by atoms with Gasteiger partial charge in [-0.1, -0.05) is 17.7 Å². The van der Waals surface area contributed by atoms with Crippen LogP contribution in [0.4, 0.5) is 6.01 Å². The maximum absolute atomic E-state index is 6.04. The minimum Gasteiger partial charge on any atom is -0.423 e. The van der Waals surface area contributed by atoms with Crippen LogP contribution in [0.25, 0.3) is 11.1 Å². The van der Waals surface area contributed by atoms with Crippen molar-refractivity contribution in [1.82, 2.24) is 14.9 Å². The minimum absolute atomic E-state index is 0.460. The molecule has 2 saturated heterocycles. The van der Waals surface area contributed by atoms with Crippen LogP contribution in [0.3, 0.4) is 0 Å². The number of piperazine rings is 1. The Labute approximate surface area is 144 Å². The van der Waals surface area contributed by atoms with Crippen LogP contribution in [-0.2, 0) is 6.54 Å². The minimum atomic E-state index is 0.460. The summed E-state index contributed by atoms with van der Waals surface area (Å²) in [5, 5.41) is 0.687. The lowest BCUT2D eigenvalue weighted by atomic mass is 10.2. The van der Waals surface area contributed by atoms with Crippen LogP contribution in [0.2, 0.25) is 5.02 Å². The van der Waals surface area contributed by atoms with Crippen LogP contribution in [0.1, 0.15) is 12.1 Å². The largest absolute Gasteiger partial charge is 0.423 e. The molecular formula is C18H17ClN4O. The van der Waals surface area contributed by atoms with E-state index in [2.05, 4.69) is 25.8 Å². The Morgan fingerprint density at radius 2 is 2.12 bits per heavy atom. The third-order valence-corrected chi connectivity index (χ3v) is 5.26. The van der Waals surface area contributed by atoms with Gasteiger partial charge in [-0.2, -0.15) is 4.98 Å². The number of pyridine rings is 1. The summed E-state index contributed by atoms with van der Waals surface area (Å²) in [6, 6.07) is 13.4. The number of oxazole rings is 1. The Bertz CT molecular complexity index is 881. The van der Waals surface area contributed by atoms with Crippen molar-refractivity contribution in [2.24, 2.45) is 0 Å². The molecule has 0 aliphatic carbocycles. The van der Waals surface area contributed by atoms with Crippen molar-refractivity contribution >= 4 is 28.7 Å². The van der Waals surface area contributed by atoms with E-state index in [9.17, 15) is 0 Å². The number of aromatic nitrogens is 2. The van der Waals surface area contributed by atoms with Crippen LogP contribution in [0.5, 0.6) is 0 Å². The van der Waals surface area contributed by atoms with Gasteiger partial charge < -0.3 is 9.32 Å². The molecule has 2 aromatic heterocycles. The Balaban J connectivity index is 1.34. The summed E-state index contributed by atoms with van der Waals surface area (Å²) in [6.45, 7) is 2.90. The van der Waals surface area contributed by atoms with Gasteiger partial charge in [0.25, 0.3) is 6.01 Å². The molecule has 5 nitrogen and oxygen atoms in total. The predicted molar refractivity (Wildman–Crippen MR) is 93.2 cm³/mol. The summed E-state index contributed by atoms with van der Waals surface area (Å²) in [6.07, 6.45) is 3.02. The molecular weight excluding hydrogens is 324 g/mol. The fraction of sp³-hybridized carbons (Fsp3) is 0.333. The van der Waals surface area contributed by atoms with Crippen molar-refractivity contribution in [2.75, 3.05) is 18.0 Å². The Morgan fingerprint density at radius 3 is 2.92 bits per heavy atom. The van der Waals surface area contributed by atoms with Crippen LogP contribution < -0.4 is 4.90 Å². The lowest BCUT2D eigenvalue weighted by Crippen LogP contribution is -2.46. The Kier molecular flexibility index (Phi) is 3.24. The molecule has 5 rings (SSSR count). The van der Waals surface area contributed by atoms with Crippen LogP contribution in [0, 0.1) is 0 Å². The molecule has 0 amide bonds. The molecule has 24 heavy (non-hydrogen) atoms. The molecule has 4 heterocycles. The SMILES string of the molecule is Clc1ccc2oc(N3CC4CC3CN4Cc3ccccn3)nc2c1. The van der Waals surface area contributed by atoms with E-state index in [1.165, 1.54) is 0 Å². The van der Waals surface area contributed by atoms with E-state index < -0.39 is 0 Å². The molecule has 2 aliphatic heterocycles. The molecule has 0 N–H and O–H groups in total. The number of nitrogens with zero attached hydrogens (tertiary/aromatic N) is 4. The van der Waals surface area contributed by atoms with E-state index in [1.807, 2.05) is 36.5 Å². The third-order valence-electron chi connectivity index (χ3n) is 5.03. The van der Waals surface area contributed by atoms with Gasteiger partial charge in [0.1, 0.15) is 5.52 Å². The highest BCUT2D eigenvalue weighted by atomic mass is 35.5. The molecule has 2 atom stereocenters. The lowest BCUT2D eigenvalue weighted by Gasteiger charge is -2.33. The molecule has 0 spiro atoms. The van der Waals surface area contributed by atoms with Gasteiger partial charge in [0.15, 0.2) is 5.58 Å². The van der Waals surface area contributed by atoms with Crippen LogP contribution in [0.15, 0.2) is 47.0 Å². The van der Waals surface area contributed by atoms with E-state index in [1.54, 1.807) is 0 Å². The number of likely N-dealkylation sites (tertiary alicyclic amines) is 1. The average molecular weight is 341 g/mol. The standard InChI is InChI=1S/C18H17ClN4O/c19-12-4-5-17-16(7-12)21-18(24-17)23-11-14-8-15(23)10-22(14)9-13-3-1-2-6-20-13/h1-7,14-15H,8-11H2. The third kappa shape index (κ3) is 2.36. The zero-order chi connectivity index (χ0) is 16.1. The number of hydrogen-bond donors (Lipinski definition) is 0.